The lowest BCUT2D eigenvalue weighted by Gasteiger charge is -2.35. The Balaban J connectivity index is 1.46. The first-order valence-corrected chi connectivity index (χ1v) is 11.1. The van der Waals surface area contributed by atoms with Crippen molar-refractivity contribution in [3.63, 3.8) is 0 Å². The van der Waals surface area contributed by atoms with Crippen molar-refractivity contribution in [2.24, 2.45) is 0 Å². The second kappa shape index (κ2) is 11.5. The molecule has 1 atom stereocenters. The predicted molar refractivity (Wildman–Crippen MR) is 109 cm³/mol. The van der Waals surface area contributed by atoms with E-state index in [0.717, 1.165) is 18.7 Å². The van der Waals surface area contributed by atoms with Crippen molar-refractivity contribution in [2.75, 3.05) is 70.7 Å². The molecule has 1 aromatic carbocycles. The number of hydrogen-bond donors (Lipinski definition) is 1. The lowest BCUT2D eigenvalue weighted by atomic mass is 10.0. The summed E-state index contributed by atoms with van der Waals surface area (Å²) in [6.45, 7) is 5.63. The number of hydrogen-bond acceptors (Lipinski definition) is 6. The van der Waals surface area contributed by atoms with Crippen molar-refractivity contribution >= 4 is 23.6 Å². The summed E-state index contributed by atoms with van der Waals surface area (Å²) < 4.78 is 24.0. The van der Waals surface area contributed by atoms with E-state index in [1.807, 2.05) is 0 Å². The molecule has 29 heavy (non-hydrogen) atoms. The van der Waals surface area contributed by atoms with Gasteiger partial charge >= 0.3 is 0 Å². The normalized spacial score (nSPS) is 19.0. The number of benzene rings is 1. The molecule has 2 amide bonds. The molecule has 0 aromatic heterocycles. The molecule has 2 saturated heterocycles. The lowest BCUT2D eigenvalue weighted by molar-refractivity contribution is -0.132. The van der Waals surface area contributed by atoms with Crippen molar-refractivity contribution in [3.05, 3.63) is 35.6 Å². The molecule has 3 rings (SSSR count). The van der Waals surface area contributed by atoms with E-state index in [2.05, 4.69) is 10.2 Å². The number of nitrogens with zero attached hydrogens (tertiary/aromatic N) is 2. The zero-order chi connectivity index (χ0) is 20.5. The summed E-state index contributed by atoms with van der Waals surface area (Å²) in [5.74, 6) is 0.182. The predicted octanol–water partition coefficient (Wildman–Crippen LogP) is 0.907. The SMILES string of the molecule is O=C(CSCC(=O)N1CCOCC1)NCC(c1ccc(F)cc1)N1CCOCC1. The molecule has 1 aromatic rings. The summed E-state index contributed by atoms with van der Waals surface area (Å²) in [6.07, 6.45) is 0. The first-order chi connectivity index (χ1) is 14.1. The van der Waals surface area contributed by atoms with E-state index in [4.69, 9.17) is 9.47 Å². The van der Waals surface area contributed by atoms with Crippen LogP contribution in [0.25, 0.3) is 0 Å². The number of amides is 2. The molecule has 0 radical (unpaired) electrons. The third-order valence-electron chi connectivity index (χ3n) is 5.06. The molecule has 0 aliphatic carbocycles. The third-order valence-corrected chi connectivity index (χ3v) is 5.97. The van der Waals surface area contributed by atoms with Gasteiger partial charge in [0.2, 0.25) is 11.8 Å². The van der Waals surface area contributed by atoms with Crippen LogP contribution in [0.1, 0.15) is 11.6 Å². The number of thioether (sulfide) groups is 1. The van der Waals surface area contributed by atoms with E-state index < -0.39 is 0 Å². The molecule has 0 spiro atoms. The second-order valence-corrected chi connectivity index (χ2v) is 7.99. The maximum Gasteiger partial charge on any atom is 0.232 e. The van der Waals surface area contributed by atoms with Crippen molar-refractivity contribution in [1.29, 1.82) is 0 Å². The van der Waals surface area contributed by atoms with E-state index in [1.54, 1.807) is 17.0 Å². The molecule has 7 nitrogen and oxygen atoms in total. The summed E-state index contributed by atoms with van der Waals surface area (Å²) in [5.41, 5.74) is 0.962. The molecule has 1 N–H and O–H groups in total. The van der Waals surface area contributed by atoms with Gasteiger partial charge < -0.3 is 19.7 Å². The summed E-state index contributed by atoms with van der Waals surface area (Å²) in [4.78, 5) is 28.4. The topological polar surface area (TPSA) is 71.1 Å². The largest absolute Gasteiger partial charge is 0.379 e. The van der Waals surface area contributed by atoms with Gasteiger partial charge in [-0.2, -0.15) is 0 Å². The Morgan fingerprint density at radius 3 is 2.28 bits per heavy atom. The Morgan fingerprint density at radius 1 is 1.00 bits per heavy atom. The van der Waals surface area contributed by atoms with Crippen LogP contribution in [0.4, 0.5) is 4.39 Å². The van der Waals surface area contributed by atoms with Gasteiger partial charge in [-0.15, -0.1) is 11.8 Å². The van der Waals surface area contributed by atoms with Gasteiger partial charge in [-0.1, -0.05) is 12.1 Å². The Morgan fingerprint density at radius 2 is 1.62 bits per heavy atom. The molecule has 2 fully saturated rings. The minimum atomic E-state index is -0.278. The van der Waals surface area contributed by atoms with Crippen LogP contribution < -0.4 is 5.32 Å². The molecule has 2 heterocycles. The van der Waals surface area contributed by atoms with Gasteiger partial charge in [0.05, 0.1) is 44.0 Å². The number of halogens is 1. The van der Waals surface area contributed by atoms with Gasteiger partial charge in [-0.25, -0.2) is 4.39 Å². The van der Waals surface area contributed by atoms with Crippen molar-refractivity contribution < 1.29 is 23.5 Å². The number of carbonyl (C=O) groups is 2. The summed E-state index contributed by atoms with van der Waals surface area (Å²) >= 11 is 1.32. The lowest BCUT2D eigenvalue weighted by Crippen LogP contribution is -2.44. The summed E-state index contributed by atoms with van der Waals surface area (Å²) in [6, 6.07) is 6.37. The van der Waals surface area contributed by atoms with Crippen LogP contribution in [0.3, 0.4) is 0 Å². The number of ether oxygens (including phenoxy) is 2. The van der Waals surface area contributed by atoms with Gasteiger partial charge in [0.25, 0.3) is 0 Å². The van der Waals surface area contributed by atoms with Crippen LogP contribution in [0.15, 0.2) is 24.3 Å². The average Bonchev–Trinajstić information content (AvgIpc) is 2.76. The van der Waals surface area contributed by atoms with E-state index in [0.29, 0.717) is 46.1 Å². The highest BCUT2D eigenvalue weighted by atomic mass is 32.2. The van der Waals surface area contributed by atoms with Crippen LogP contribution in [0, 0.1) is 5.82 Å². The highest BCUT2D eigenvalue weighted by Crippen LogP contribution is 2.21. The van der Waals surface area contributed by atoms with Gasteiger partial charge in [0.15, 0.2) is 0 Å². The number of carbonyl (C=O) groups excluding carboxylic acids is 2. The van der Waals surface area contributed by atoms with E-state index in [1.165, 1.54) is 23.9 Å². The minimum absolute atomic E-state index is 0.0385. The zero-order valence-corrected chi connectivity index (χ0v) is 17.3. The molecule has 9 heteroatoms. The minimum Gasteiger partial charge on any atom is -0.379 e. The standard InChI is InChI=1S/C20H28FN3O4S/c21-17-3-1-16(2-4-17)18(23-5-9-27-10-6-23)13-22-19(25)14-29-15-20(26)24-7-11-28-12-8-24/h1-4,18H,5-15H2,(H,22,25). The molecule has 1 unspecified atom stereocenters. The zero-order valence-electron chi connectivity index (χ0n) is 16.5. The van der Waals surface area contributed by atoms with Gasteiger partial charge in [0.1, 0.15) is 5.82 Å². The third kappa shape index (κ3) is 6.95. The fourth-order valence-electron chi connectivity index (χ4n) is 3.43. The average molecular weight is 426 g/mol. The number of rotatable bonds is 8. The first kappa shape index (κ1) is 22.0. The number of morpholine rings is 2. The molecule has 2 aliphatic rings. The van der Waals surface area contributed by atoms with Crippen LogP contribution in [-0.4, -0.2) is 92.3 Å². The smallest absolute Gasteiger partial charge is 0.232 e. The highest BCUT2D eigenvalue weighted by Gasteiger charge is 2.23. The quantitative estimate of drug-likeness (QED) is 0.668. The van der Waals surface area contributed by atoms with Crippen LogP contribution >= 0.6 is 11.8 Å². The van der Waals surface area contributed by atoms with Crippen LogP contribution in [0.5, 0.6) is 0 Å². The summed E-state index contributed by atoms with van der Waals surface area (Å²) in [5, 5.41) is 2.97. The van der Waals surface area contributed by atoms with E-state index in [9.17, 15) is 14.0 Å². The van der Waals surface area contributed by atoms with Crippen molar-refractivity contribution in [1.82, 2.24) is 15.1 Å². The van der Waals surface area contributed by atoms with Gasteiger partial charge in [-0.05, 0) is 17.7 Å². The molecule has 160 valence electrons. The van der Waals surface area contributed by atoms with Crippen LogP contribution in [0.2, 0.25) is 0 Å². The molecular weight excluding hydrogens is 397 g/mol. The fourth-order valence-corrected chi connectivity index (χ4v) is 4.18. The monoisotopic (exact) mass is 425 g/mol. The fraction of sp³-hybridized carbons (Fsp3) is 0.600. The first-order valence-electron chi connectivity index (χ1n) is 9.90. The Hall–Kier alpha value is -1.68. The highest BCUT2D eigenvalue weighted by molar-refractivity contribution is 8.00. The van der Waals surface area contributed by atoms with E-state index in [-0.39, 0.29) is 35.2 Å². The van der Waals surface area contributed by atoms with Crippen molar-refractivity contribution in [2.45, 2.75) is 6.04 Å². The van der Waals surface area contributed by atoms with E-state index >= 15 is 0 Å². The molecular formula is C20H28FN3O4S. The molecule has 0 saturated carbocycles. The van der Waals surface area contributed by atoms with Crippen molar-refractivity contribution in [3.8, 4) is 0 Å². The molecule has 2 aliphatic heterocycles. The Bertz CT molecular complexity index is 664. The maximum absolute atomic E-state index is 13.3. The maximum atomic E-state index is 13.3. The molecule has 0 bridgehead atoms. The second-order valence-electron chi connectivity index (χ2n) is 7.01. The number of nitrogens with one attached hydrogen (secondary N) is 1. The van der Waals surface area contributed by atoms with Gasteiger partial charge in [0, 0.05) is 32.7 Å². The summed E-state index contributed by atoms with van der Waals surface area (Å²) in [7, 11) is 0. The Kier molecular flexibility index (Phi) is 8.72. The van der Waals surface area contributed by atoms with Crippen LogP contribution in [-0.2, 0) is 19.1 Å². The Labute approximate surface area is 174 Å². The van der Waals surface area contributed by atoms with Gasteiger partial charge in [-0.3, -0.25) is 14.5 Å².